The van der Waals surface area contributed by atoms with Gasteiger partial charge < -0.3 is 15.4 Å². The topological polar surface area (TPSA) is 55.6 Å². The van der Waals surface area contributed by atoms with Gasteiger partial charge in [0.25, 0.3) is 11.6 Å². The molecule has 236 valence electrons. The minimum absolute atomic E-state index is 0.193. The van der Waals surface area contributed by atoms with Crippen LogP contribution >= 0.6 is 11.6 Å². The lowest BCUT2D eigenvalue weighted by Crippen LogP contribution is -2.64. The van der Waals surface area contributed by atoms with E-state index >= 15 is 8.78 Å². The average Bonchev–Trinajstić information content (AvgIpc) is 2.93. The highest BCUT2D eigenvalue weighted by molar-refractivity contribution is 6.20. The first kappa shape index (κ1) is 35.6. The third kappa shape index (κ3) is 7.14. The first-order chi connectivity index (χ1) is 19.4. The molecule has 0 aliphatic heterocycles. The van der Waals surface area contributed by atoms with Gasteiger partial charge in [0.2, 0.25) is 5.82 Å². The summed E-state index contributed by atoms with van der Waals surface area (Å²) in [7, 11) is 0. The quantitative estimate of drug-likeness (QED) is 0.0541. The molecule has 10 heteroatoms. The van der Waals surface area contributed by atoms with E-state index in [0.29, 0.717) is 24.8 Å². The summed E-state index contributed by atoms with van der Waals surface area (Å²) in [6, 6.07) is 5.47. The molecule has 0 saturated heterocycles. The van der Waals surface area contributed by atoms with Crippen LogP contribution in [0, 0.1) is 29.1 Å². The van der Waals surface area contributed by atoms with Gasteiger partial charge in [0.15, 0.2) is 23.3 Å². The summed E-state index contributed by atoms with van der Waals surface area (Å²) < 4.78 is 80.3. The summed E-state index contributed by atoms with van der Waals surface area (Å²) in [5, 5.41) is -0.853. The number of amides is 1. The van der Waals surface area contributed by atoms with Crippen LogP contribution in [0.2, 0.25) is 0 Å². The number of ether oxygens (including phenoxy) is 1. The van der Waals surface area contributed by atoms with Crippen LogP contribution in [0.4, 0.5) is 27.6 Å². The fourth-order valence-electron chi connectivity index (χ4n) is 4.84. The third-order valence-corrected chi connectivity index (χ3v) is 8.51. The Morgan fingerprint density at radius 3 is 1.88 bits per heavy atom. The van der Waals surface area contributed by atoms with Crippen molar-refractivity contribution >= 4 is 23.2 Å². The summed E-state index contributed by atoms with van der Waals surface area (Å²) in [6.07, 6.45) is 2.52. The molecule has 2 aromatic carbocycles. The molecule has 0 radical (unpaired) electrons. The van der Waals surface area contributed by atoms with Gasteiger partial charge in [-0.05, 0) is 48.6 Å². The summed E-state index contributed by atoms with van der Waals surface area (Å²) in [4.78, 5) is 14.2. The average molecular weight is 619 g/mol. The van der Waals surface area contributed by atoms with Crippen LogP contribution in [0.3, 0.4) is 0 Å². The Hall–Kier alpha value is -2.55. The van der Waals surface area contributed by atoms with E-state index in [4.69, 9.17) is 22.1 Å². The molecule has 2 aromatic rings. The van der Waals surface area contributed by atoms with Gasteiger partial charge in [-0.15, -0.1) is 11.6 Å². The third-order valence-electron chi connectivity index (χ3n) is 8.36. The highest BCUT2D eigenvalue weighted by Gasteiger charge is 2.50. The van der Waals surface area contributed by atoms with Crippen LogP contribution in [0.25, 0.3) is 0 Å². The van der Waals surface area contributed by atoms with E-state index < -0.39 is 63.6 Å². The summed E-state index contributed by atoms with van der Waals surface area (Å²) in [6.45, 7) is 15.3. The smallest absolute Gasteiger partial charge is 0.283 e. The van der Waals surface area contributed by atoms with Crippen LogP contribution < -0.4 is 15.4 Å². The van der Waals surface area contributed by atoms with E-state index in [1.165, 1.54) is 6.92 Å². The molecule has 42 heavy (non-hydrogen) atoms. The van der Waals surface area contributed by atoms with Crippen LogP contribution in [0.5, 0.6) is 5.75 Å². The Bertz CT molecular complexity index is 1240. The Morgan fingerprint density at radius 2 is 1.43 bits per heavy atom. The number of alkyl halides is 1. The number of rotatable bonds is 15. The van der Waals surface area contributed by atoms with Crippen molar-refractivity contribution < 1.29 is 31.5 Å². The molecule has 0 bridgehead atoms. The van der Waals surface area contributed by atoms with Crippen molar-refractivity contribution in [2.75, 3.05) is 11.4 Å². The number of hydrogen-bond acceptors (Lipinski definition) is 3. The van der Waals surface area contributed by atoms with Crippen molar-refractivity contribution in [2.45, 2.75) is 116 Å². The molecule has 2 unspecified atom stereocenters. The number of anilines is 1. The van der Waals surface area contributed by atoms with Crippen LogP contribution in [-0.4, -0.2) is 23.6 Å². The maximum atomic E-state index is 15.4. The first-order valence-electron chi connectivity index (χ1n) is 14.5. The standard InChI is InChI=1S/C32H44ClF5N2O2/c1-9-12-13-16-40(28-26(37)24(35)23(34)25(36)27(28)38)32(29(39)41,18-19(4)33)42-22-15-14-20(30(5,6)10-2)17-21(22)31(7,8)11-3/h14-15,17,19H,9-13,16,18H2,1-8H3,(H2,39,41). The molecule has 0 spiro atoms. The number of hydrogen-bond donors (Lipinski definition) is 1. The zero-order valence-corrected chi connectivity index (χ0v) is 26.6. The van der Waals surface area contributed by atoms with Gasteiger partial charge in [0.1, 0.15) is 11.4 Å². The maximum absolute atomic E-state index is 15.4. The predicted molar refractivity (Wildman–Crippen MR) is 159 cm³/mol. The molecule has 4 nitrogen and oxygen atoms in total. The van der Waals surface area contributed by atoms with Gasteiger partial charge in [-0.1, -0.05) is 73.4 Å². The second-order valence-electron chi connectivity index (χ2n) is 12.2. The number of halogens is 6. The van der Waals surface area contributed by atoms with Crippen molar-refractivity contribution in [2.24, 2.45) is 5.73 Å². The number of nitrogens with two attached hydrogens (primary N) is 1. The van der Waals surface area contributed by atoms with Gasteiger partial charge in [0.05, 0.1) is 0 Å². The molecule has 0 aliphatic rings. The van der Waals surface area contributed by atoms with Crippen LogP contribution in [0.1, 0.15) is 105 Å². The largest absolute Gasteiger partial charge is 0.458 e. The second-order valence-corrected chi connectivity index (χ2v) is 12.9. The van der Waals surface area contributed by atoms with Gasteiger partial charge in [0, 0.05) is 23.9 Å². The second kappa shape index (κ2) is 13.8. The number of carbonyl (C=O) groups excluding carboxylic acids is 1. The van der Waals surface area contributed by atoms with Gasteiger partial charge in [-0.2, -0.15) is 0 Å². The molecule has 1 amide bonds. The van der Waals surface area contributed by atoms with E-state index in [-0.39, 0.29) is 24.1 Å². The number of nitrogens with zero attached hydrogens (tertiary/aromatic N) is 1. The highest BCUT2D eigenvalue weighted by Crippen LogP contribution is 2.43. The lowest BCUT2D eigenvalue weighted by Gasteiger charge is -2.44. The molecule has 2 N–H and O–H groups in total. The van der Waals surface area contributed by atoms with Crippen molar-refractivity contribution in [1.82, 2.24) is 0 Å². The zero-order chi connectivity index (χ0) is 32.2. The lowest BCUT2D eigenvalue weighted by atomic mass is 9.76. The molecule has 0 heterocycles. The van der Waals surface area contributed by atoms with Gasteiger partial charge in [-0.3, -0.25) is 4.79 Å². The number of benzene rings is 2. The molecule has 2 rings (SSSR count). The predicted octanol–water partition coefficient (Wildman–Crippen LogP) is 9.03. The molecule has 0 saturated carbocycles. The van der Waals surface area contributed by atoms with Crippen molar-refractivity contribution in [1.29, 1.82) is 0 Å². The minimum atomic E-state index is -2.41. The molecule has 0 aliphatic carbocycles. The molecular formula is C32H44ClF5N2O2. The Balaban J connectivity index is 3.00. The SMILES string of the molecule is CCCCCN(c1c(F)c(F)c(F)c(F)c1F)C(CC(C)Cl)(Oc1ccc(C(C)(C)CC)cc1C(C)(C)CC)C(N)=O. The normalized spacial score (nSPS) is 14.4. The van der Waals surface area contributed by atoms with E-state index in [1.54, 1.807) is 6.07 Å². The Labute approximate surface area is 251 Å². The van der Waals surface area contributed by atoms with Gasteiger partial charge >= 0.3 is 0 Å². The van der Waals surface area contributed by atoms with Crippen molar-refractivity contribution in [3.63, 3.8) is 0 Å². The first-order valence-corrected chi connectivity index (χ1v) is 14.9. The van der Waals surface area contributed by atoms with Crippen LogP contribution in [-0.2, 0) is 15.6 Å². The summed E-state index contributed by atoms with van der Waals surface area (Å²) >= 11 is 6.38. The lowest BCUT2D eigenvalue weighted by molar-refractivity contribution is -0.134. The Morgan fingerprint density at radius 1 is 0.905 bits per heavy atom. The summed E-state index contributed by atoms with van der Waals surface area (Å²) in [5.74, 6) is -11.8. The number of primary amides is 1. The molecule has 0 fully saturated rings. The van der Waals surface area contributed by atoms with E-state index in [2.05, 4.69) is 20.8 Å². The number of carbonyl (C=O) groups is 1. The highest BCUT2D eigenvalue weighted by atomic mass is 35.5. The Kier molecular flexibility index (Phi) is 11.7. The van der Waals surface area contributed by atoms with Gasteiger partial charge in [-0.25, -0.2) is 22.0 Å². The number of unbranched alkanes of at least 4 members (excludes halogenated alkanes) is 2. The van der Waals surface area contributed by atoms with Crippen LogP contribution in [0.15, 0.2) is 18.2 Å². The fraction of sp³-hybridized carbons (Fsp3) is 0.594. The zero-order valence-electron chi connectivity index (χ0n) is 25.9. The van der Waals surface area contributed by atoms with E-state index in [0.717, 1.165) is 16.9 Å². The minimum Gasteiger partial charge on any atom is -0.458 e. The molecular weight excluding hydrogens is 575 g/mol. The monoisotopic (exact) mass is 618 g/mol. The molecule has 2 atom stereocenters. The van der Waals surface area contributed by atoms with Crippen molar-refractivity contribution in [3.05, 3.63) is 58.4 Å². The fourth-order valence-corrected chi connectivity index (χ4v) is 5.05. The van der Waals surface area contributed by atoms with E-state index in [9.17, 15) is 18.0 Å². The maximum Gasteiger partial charge on any atom is 0.283 e. The van der Waals surface area contributed by atoms with Crippen molar-refractivity contribution in [3.8, 4) is 5.75 Å². The molecule has 0 aromatic heterocycles. The summed E-state index contributed by atoms with van der Waals surface area (Å²) in [5.41, 5.74) is 3.26. The van der Waals surface area contributed by atoms with E-state index in [1.807, 2.05) is 39.8 Å².